The van der Waals surface area contributed by atoms with Crippen LogP contribution in [0.2, 0.25) is 0 Å². The number of sulfonamides is 1. The van der Waals surface area contributed by atoms with Crippen LogP contribution in [0.1, 0.15) is 17.7 Å². The van der Waals surface area contributed by atoms with Crippen molar-refractivity contribution in [3.63, 3.8) is 0 Å². The second-order valence-electron chi connectivity index (χ2n) is 9.35. The van der Waals surface area contributed by atoms with Crippen LogP contribution < -0.4 is 5.32 Å². The summed E-state index contributed by atoms with van der Waals surface area (Å²) >= 11 is 1.56. The van der Waals surface area contributed by atoms with E-state index >= 15 is 0 Å². The van der Waals surface area contributed by atoms with E-state index in [1.165, 1.54) is 28.6 Å². The molecule has 6 rings (SSSR count). The Morgan fingerprint density at radius 3 is 2.31 bits per heavy atom. The third kappa shape index (κ3) is 5.02. The SMILES string of the molecule is Cc1cn2c(-c3ccnc(NC4CCN(S(=O)(=O)c5ccc(F)cc5)CC4)n3)c(-c3ccc(F)cc3)nc2s1. The van der Waals surface area contributed by atoms with E-state index in [4.69, 9.17) is 9.97 Å². The minimum atomic E-state index is -3.69. The van der Waals surface area contributed by atoms with Gasteiger partial charge in [0.1, 0.15) is 17.3 Å². The highest BCUT2D eigenvalue weighted by atomic mass is 32.2. The van der Waals surface area contributed by atoms with Crippen molar-refractivity contribution in [1.29, 1.82) is 0 Å². The van der Waals surface area contributed by atoms with Crippen LogP contribution in [0.25, 0.3) is 27.6 Å². The number of thiazole rings is 1. The Morgan fingerprint density at radius 2 is 1.62 bits per heavy atom. The summed E-state index contributed by atoms with van der Waals surface area (Å²) in [4.78, 5) is 16.0. The monoisotopic (exact) mass is 566 g/mol. The van der Waals surface area contributed by atoms with Gasteiger partial charge >= 0.3 is 0 Å². The van der Waals surface area contributed by atoms with Crippen molar-refractivity contribution < 1.29 is 17.2 Å². The molecule has 0 saturated carbocycles. The molecule has 8 nitrogen and oxygen atoms in total. The van der Waals surface area contributed by atoms with Gasteiger partial charge in [-0.05, 0) is 74.4 Å². The lowest BCUT2D eigenvalue weighted by molar-refractivity contribution is 0.329. The number of piperidine rings is 1. The molecule has 2 aromatic carbocycles. The topological polar surface area (TPSA) is 92.5 Å². The lowest BCUT2D eigenvalue weighted by atomic mass is 10.1. The van der Waals surface area contributed by atoms with E-state index in [9.17, 15) is 17.2 Å². The predicted molar refractivity (Wildman–Crippen MR) is 146 cm³/mol. The maximum atomic E-state index is 13.6. The van der Waals surface area contributed by atoms with Crippen LogP contribution in [-0.4, -0.2) is 51.2 Å². The zero-order chi connectivity index (χ0) is 27.1. The third-order valence-electron chi connectivity index (χ3n) is 6.70. The van der Waals surface area contributed by atoms with Crippen LogP contribution in [0.4, 0.5) is 14.7 Å². The van der Waals surface area contributed by atoms with Gasteiger partial charge in [0.05, 0.1) is 16.3 Å². The van der Waals surface area contributed by atoms with Crippen LogP contribution in [0.5, 0.6) is 0 Å². The minimum Gasteiger partial charge on any atom is -0.351 e. The summed E-state index contributed by atoms with van der Waals surface area (Å²) in [5, 5.41) is 3.35. The van der Waals surface area contributed by atoms with Crippen LogP contribution in [-0.2, 0) is 10.0 Å². The fourth-order valence-electron chi connectivity index (χ4n) is 4.75. The highest BCUT2D eigenvalue weighted by Crippen LogP contribution is 2.35. The zero-order valence-corrected chi connectivity index (χ0v) is 22.5. The van der Waals surface area contributed by atoms with Crippen molar-refractivity contribution in [3.8, 4) is 22.6 Å². The summed E-state index contributed by atoms with van der Waals surface area (Å²) in [7, 11) is -3.69. The van der Waals surface area contributed by atoms with Gasteiger partial charge < -0.3 is 5.32 Å². The second kappa shape index (κ2) is 10.1. The zero-order valence-electron chi connectivity index (χ0n) is 20.9. The van der Waals surface area contributed by atoms with Crippen molar-refractivity contribution in [1.82, 2.24) is 23.7 Å². The Balaban J connectivity index is 1.23. The van der Waals surface area contributed by atoms with Crippen LogP contribution >= 0.6 is 11.3 Å². The summed E-state index contributed by atoms with van der Waals surface area (Å²) in [5.41, 5.74) is 2.92. The first kappa shape index (κ1) is 25.5. The number of hydrogen-bond acceptors (Lipinski definition) is 7. The summed E-state index contributed by atoms with van der Waals surface area (Å²) in [6, 6.07) is 12.9. The highest BCUT2D eigenvalue weighted by Gasteiger charge is 2.30. The maximum absolute atomic E-state index is 13.6. The third-order valence-corrected chi connectivity index (χ3v) is 9.51. The van der Waals surface area contributed by atoms with E-state index in [-0.39, 0.29) is 16.8 Å². The van der Waals surface area contributed by atoms with Crippen LogP contribution in [0.15, 0.2) is 71.9 Å². The molecule has 0 bridgehead atoms. The summed E-state index contributed by atoms with van der Waals surface area (Å²) in [5.74, 6) is -0.365. The van der Waals surface area contributed by atoms with Gasteiger partial charge in [0.2, 0.25) is 16.0 Å². The molecule has 0 unspecified atom stereocenters. The lowest BCUT2D eigenvalue weighted by Gasteiger charge is -2.31. The first-order valence-electron chi connectivity index (χ1n) is 12.4. The van der Waals surface area contributed by atoms with Crippen LogP contribution in [0.3, 0.4) is 0 Å². The Labute approximate surface area is 228 Å². The Bertz CT molecular complexity index is 1740. The molecule has 12 heteroatoms. The number of aromatic nitrogens is 4. The van der Waals surface area contributed by atoms with E-state index < -0.39 is 15.8 Å². The quantitative estimate of drug-likeness (QED) is 0.297. The number of benzene rings is 2. The molecule has 1 aliphatic heterocycles. The molecule has 1 aliphatic rings. The smallest absolute Gasteiger partial charge is 0.243 e. The molecule has 4 heterocycles. The highest BCUT2D eigenvalue weighted by molar-refractivity contribution is 7.89. The number of nitrogens with one attached hydrogen (secondary N) is 1. The van der Waals surface area contributed by atoms with Crippen molar-refractivity contribution in [2.24, 2.45) is 0 Å². The number of halogens is 2. The molecule has 0 radical (unpaired) electrons. The molecule has 0 amide bonds. The number of rotatable bonds is 6. The standard InChI is InChI=1S/C27H24F2N6O2S2/c1-17-16-35-25(24(33-27(35)38-17)18-2-4-19(28)5-3-18)23-10-13-30-26(32-23)31-21-11-14-34(15-12-21)39(36,37)22-8-6-20(29)7-9-22/h2-10,13,16,21H,11-12,14-15H2,1H3,(H,30,31,32). The second-order valence-corrected chi connectivity index (χ2v) is 12.5. The van der Waals surface area contributed by atoms with Gasteiger partial charge in [-0.15, -0.1) is 11.3 Å². The number of nitrogens with zero attached hydrogens (tertiary/aromatic N) is 5. The fraction of sp³-hybridized carbons (Fsp3) is 0.222. The normalized spacial score (nSPS) is 15.2. The Morgan fingerprint density at radius 1 is 0.949 bits per heavy atom. The largest absolute Gasteiger partial charge is 0.351 e. The van der Waals surface area contributed by atoms with Crippen LogP contribution in [0, 0.1) is 18.6 Å². The first-order chi connectivity index (χ1) is 18.8. The van der Waals surface area contributed by atoms with Crippen molar-refractivity contribution in [2.45, 2.75) is 30.7 Å². The van der Waals surface area contributed by atoms with E-state index in [1.807, 2.05) is 23.6 Å². The Hall–Kier alpha value is -3.74. The number of fused-ring (bicyclic) bond motifs is 1. The summed E-state index contributed by atoms with van der Waals surface area (Å²) in [6.45, 7) is 2.66. The molecule has 0 atom stereocenters. The van der Waals surface area contributed by atoms with Crippen molar-refractivity contribution >= 4 is 32.3 Å². The van der Waals surface area contributed by atoms with E-state index in [1.54, 1.807) is 29.7 Å². The fourth-order valence-corrected chi connectivity index (χ4v) is 7.04. The summed E-state index contributed by atoms with van der Waals surface area (Å²) in [6.07, 6.45) is 4.80. The first-order valence-corrected chi connectivity index (χ1v) is 14.6. The van der Waals surface area contributed by atoms with E-state index in [0.29, 0.717) is 43.3 Å². The van der Waals surface area contributed by atoms with Crippen molar-refractivity contribution in [3.05, 3.63) is 83.5 Å². The molecule has 1 fully saturated rings. The van der Waals surface area contributed by atoms with Crippen molar-refractivity contribution in [2.75, 3.05) is 18.4 Å². The molecule has 0 spiro atoms. The molecule has 3 aromatic heterocycles. The lowest BCUT2D eigenvalue weighted by Crippen LogP contribution is -2.42. The number of aryl methyl sites for hydroxylation is 1. The van der Waals surface area contributed by atoms with Gasteiger partial charge in [-0.2, -0.15) is 4.31 Å². The van der Waals surface area contributed by atoms with Gasteiger partial charge in [-0.1, -0.05) is 0 Å². The molecule has 1 saturated heterocycles. The molecule has 1 N–H and O–H groups in total. The molecule has 5 aromatic rings. The average Bonchev–Trinajstić information content (AvgIpc) is 3.46. The number of anilines is 1. The maximum Gasteiger partial charge on any atom is 0.243 e. The van der Waals surface area contributed by atoms with Gasteiger partial charge in [0.15, 0.2) is 4.96 Å². The number of imidazole rings is 1. The minimum absolute atomic E-state index is 0.0228. The van der Waals surface area contributed by atoms with E-state index in [2.05, 4.69) is 10.3 Å². The number of hydrogen-bond donors (Lipinski definition) is 1. The van der Waals surface area contributed by atoms with Gasteiger partial charge in [-0.25, -0.2) is 32.2 Å². The average molecular weight is 567 g/mol. The predicted octanol–water partition coefficient (Wildman–Crippen LogP) is 5.37. The van der Waals surface area contributed by atoms with E-state index in [0.717, 1.165) is 33.2 Å². The molecule has 200 valence electrons. The summed E-state index contributed by atoms with van der Waals surface area (Å²) < 4.78 is 56.1. The Kier molecular flexibility index (Phi) is 6.61. The van der Waals surface area contributed by atoms with Gasteiger partial charge in [0.25, 0.3) is 0 Å². The molecule has 39 heavy (non-hydrogen) atoms. The molecule has 0 aliphatic carbocycles. The molecular formula is C27H24F2N6O2S2. The molecular weight excluding hydrogens is 542 g/mol. The van der Waals surface area contributed by atoms with Gasteiger partial charge in [-0.3, -0.25) is 4.40 Å². The van der Waals surface area contributed by atoms with Gasteiger partial charge in [0, 0.05) is 42.0 Å².